The Bertz CT molecular complexity index is 693. The summed E-state index contributed by atoms with van der Waals surface area (Å²) in [5.41, 5.74) is 1.36. The maximum Gasteiger partial charge on any atom is 0.272 e. The molecule has 0 bridgehead atoms. The Morgan fingerprint density at radius 2 is 2.30 bits per heavy atom. The number of ether oxygens (including phenoxy) is 1. The van der Waals surface area contributed by atoms with E-state index in [4.69, 9.17) is 4.74 Å². The van der Waals surface area contributed by atoms with Crippen LogP contribution in [0.3, 0.4) is 0 Å². The minimum absolute atomic E-state index is 0.145. The number of rotatable bonds is 5. The highest BCUT2D eigenvalue weighted by Crippen LogP contribution is 2.21. The van der Waals surface area contributed by atoms with E-state index >= 15 is 0 Å². The van der Waals surface area contributed by atoms with E-state index in [0.717, 1.165) is 19.4 Å². The van der Waals surface area contributed by atoms with Crippen LogP contribution in [0.15, 0.2) is 36.5 Å². The molecule has 1 aliphatic heterocycles. The highest BCUT2D eigenvalue weighted by atomic mass is 19.1. The van der Waals surface area contributed by atoms with Crippen molar-refractivity contribution in [1.29, 1.82) is 0 Å². The van der Waals surface area contributed by atoms with Crippen molar-refractivity contribution in [2.75, 3.05) is 23.8 Å². The molecule has 0 radical (unpaired) electrons. The highest BCUT2D eigenvalue weighted by Gasteiger charge is 2.16. The van der Waals surface area contributed by atoms with Crippen molar-refractivity contribution in [3.05, 3.63) is 48.0 Å². The molecular weight excluding hydrogens is 297 g/mol. The van der Waals surface area contributed by atoms with Gasteiger partial charge in [0.25, 0.3) is 5.91 Å². The zero-order chi connectivity index (χ0) is 16.2. The monoisotopic (exact) mass is 317 g/mol. The summed E-state index contributed by atoms with van der Waals surface area (Å²) in [5, 5.41) is 5.75. The lowest BCUT2D eigenvalue weighted by Crippen LogP contribution is -2.19. The van der Waals surface area contributed by atoms with Gasteiger partial charge in [-0.25, -0.2) is 4.39 Å². The van der Waals surface area contributed by atoms with Crippen LogP contribution in [0.2, 0.25) is 0 Å². The van der Waals surface area contributed by atoms with Gasteiger partial charge in [0.15, 0.2) is 0 Å². The van der Waals surface area contributed by atoms with Crippen molar-refractivity contribution < 1.29 is 13.9 Å². The van der Waals surface area contributed by atoms with Gasteiger partial charge >= 0.3 is 0 Å². The van der Waals surface area contributed by atoms with Crippen LogP contribution in [0.5, 0.6) is 0 Å². The van der Waals surface area contributed by atoms with Gasteiger partial charge in [0.05, 0.1) is 11.8 Å². The maximum atomic E-state index is 14.1. The number of nitrogens with one attached hydrogen (secondary N) is 2. The standard InChI is InChI=1S/C17H20FN3O2/c1-21-8-2-5-16(21)17(22)20-12-6-7-15(14(18)10-12)19-11-13-4-3-9-23-13/h2,5-8,10,13,19H,3-4,9,11H2,1H3,(H,20,22)/t13-/m0/s1. The fourth-order valence-electron chi connectivity index (χ4n) is 2.66. The van der Waals surface area contributed by atoms with Crippen molar-refractivity contribution in [3.63, 3.8) is 0 Å². The zero-order valence-corrected chi connectivity index (χ0v) is 13.0. The quantitative estimate of drug-likeness (QED) is 0.891. The smallest absolute Gasteiger partial charge is 0.272 e. The molecule has 2 N–H and O–H groups in total. The summed E-state index contributed by atoms with van der Waals surface area (Å²) in [6.07, 6.45) is 3.98. The van der Waals surface area contributed by atoms with E-state index in [1.165, 1.54) is 6.07 Å². The molecule has 0 unspecified atom stereocenters. The number of nitrogens with zero attached hydrogens (tertiary/aromatic N) is 1. The molecule has 1 amide bonds. The molecule has 1 aliphatic rings. The summed E-state index contributed by atoms with van der Waals surface area (Å²) < 4.78 is 21.3. The Balaban J connectivity index is 1.62. The summed E-state index contributed by atoms with van der Waals surface area (Å²) >= 11 is 0. The van der Waals surface area contributed by atoms with Gasteiger partial charge in [0, 0.05) is 32.1 Å². The predicted octanol–water partition coefficient (Wildman–Crippen LogP) is 3.01. The summed E-state index contributed by atoms with van der Waals surface area (Å²) in [7, 11) is 1.79. The van der Waals surface area contributed by atoms with Crippen molar-refractivity contribution >= 4 is 17.3 Å². The number of carbonyl (C=O) groups excluding carboxylic acids is 1. The Morgan fingerprint density at radius 3 is 2.96 bits per heavy atom. The third-order valence-electron chi connectivity index (χ3n) is 3.95. The molecular formula is C17H20FN3O2. The molecule has 0 spiro atoms. The van der Waals surface area contributed by atoms with E-state index in [0.29, 0.717) is 23.6 Å². The van der Waals surface area contributed by atoms with Crippen LogP contribution in [-0.2, 0) is 11.8 Å². The fraction of sp³-hybridized carbons (Fsp3) is 0.353. The van der Waals surface area contributed by atoms with Crippen molar-refractivity contribution in [3.8, 4) is 0 Å². The fourth-order valence-corrected chi connectivity index (χ4v) is 2.66. The molecule has 5 nitrogen and oxygen atoms in total. The van der Waals surface area contributed by atoms with E-state index in [1.54, 1.807) is 42.1 Å². The molecule has 1 aromatic carbocycles. The van der Waals surface area contributed by atoms with Gasteiger partial charge < -0.3 is 19.9 Å². The molecule has 23 heavy (non-hydrogen) atoms. The topological polar surface area (TPSA) is 55.3 Å². The van der Waals surface area contributed by atoms with Crippen LogP contribution >= 0.6 is 0 Å². The number of hydrogen-bond donors (Lipinski definition) is 2. The molecule has 0 aliphatic carbocycles. The second-order valence-corrected chi connectivity index (χ2v) is 5.67. The van der Waals surface area contributed by atoms with Gasteiger partial charge in [0.2, 0.25) is 0 Å². The van der Waals surface area contributed by atoms with Crippen molar-refractivity contribution in [1.82, 2.24) is 4.57 Å². The number of benzene rings is 1. The van der Waals surface area contributed by atoms with Gasteiger partial charge in [-0.3, -0.25) is 4.79 Å². The Labute approximate surface area is 134 Å². The average molecular weight is 317 g/mol. The second-order valence-electron chi connectivity index (χ2n) is 5.67. The first kappa shape index (κ1) is 15.6. The van der Waals surface area contributed by atoms with Gasteiger partial charge in [-0.1, -0.05) is 0 Å². The van der Waals surface area contributed by atoms with Crippen molar-refractivity contribution in [2.24, 2.45) is 7.05 Å². The molecule has 1 fully saturated rings. The minimum atomic E-state index is -0.396. The summed E-state index contributed by atoms with van der Waals surface area (Å²) in [6, 6.07) is 8.13. The lowest BCUT2D eigenvalue weighted by molar-refractivity contribution is 0.101. The zero-order valence-electron chi connectivity index (χ0n) is 13.0. The van der Waals surface area contributed by atoms with Gasteiger partial charge in [-0.2, -0.15) is 0 Å². The highest BCUT2D eigenvalue weighted by molar-refractivity contribution is 6.03. The van der Waals surface area contributed by atoms with E-state index in [2.05, 4.69) is 10.6 Å². The van der Waals surface area contributed by atoms with Crippen LogP contribution in [0.25, 0.3) is 0 Å². The van der Waals surface area contributed by atoms with E-state index < -0.39 is 5.82 Å². The van der Waals surface area contributed by atoms with E-state index in [1.807, 2.05) is 0 Å². The summed E-state index contributed by atoms with van der Waals surface area (Å²) in [5.74, 6) is -0.662. The van der Waals surface area contributed by atoms with Crippen LogP contribution in [0.1, 0.15) is 23.3 Å². The minimum Gasteiger partial charge on any atom is -0.380 e. The first-order valence-corrected chi connectivity index (χ1v) is 7.71. The molecule has 2 heterocycles. The average Bonchev–Trinajstić information content (AvgIpc) is 3.17. The first-order chi connectivity index (χ1) is 11.1. The van der Waals surface area contributed by atoms with Gasteiger partial charge in [-0.05, 0) is 43.2 Å². The van der Waals surface area contributed by atoms with Crippen LogP contribution in [0, 0.1) is 5.82 Å². The van der Waals surface area contributed by atoms with Gasteiger partial charge in [0.1, 0.15) is 11.5 Å². The van der Waals surface area contributed by atoms with Gasteiger partial charge in [-0.15, -0.1) is 0 Å². The Morgan fingerprint density at radius 1 is 1.43 bits per heavy atom. The lowest BCUT2D eigenvalue weighted by Gasteiger charge is -2.13. The molecule has 3 rings (SSSR count). The molecule has 1 aromatic heterocycles. The maximum absolute atomic E-state index is 14.1. The predicted molar refractivity (Wildman–Crippen MR) is 87.2 cm³/mol. The SMILES string of the molecule is Cn1cccc1C(=O)Nc1ccc(NC[C@@H]2CCCO2)c(F)c1. The summed E-state index contributed by atoms with van der Waals surface area (Å²) in [6.45, 7) is 1.37. The number of hydrogen-bond acceptors (Lipinski definition) is 3. The first-order valence-electron chi connectivity index (χ1n) is 7.71. The Hall–Kier alpha value is -2.34. The number of aryl methyl sites for hydroxylation is 1. The molecule has 122 valence electrons. The third-order valence-corrected chi connectivity index (χ3v) is 3.95. The molecule has 1 saturated heterocycles. The second kappa shape index (κ2) is 6.83. The number of anilines is 2. The lowest BCUT2D eigenvalue weighted by atomic mass is 10.2. The Kier molecular flexibility index (Phi) is 4.62. The number of halogens is 1. The van der Waals surface area contributed by atoms with Crippen LogP contribution in [0.4, 0.5) is 15.8 Å². The number of carbonyl (C=O) groups is 1. The largest absolute Gasteiger partial charge is 0.380 e. The molecule has 1 atom stereocenters. The molecule has 2 aromatic rings. The molecule has 6 heteroatoms. The normalized spacial score (nSPS) is 17.2. The summed E-state index contributed by atoms with van der Waals surface area (Å²) in [4.78, 5) is 12.1. The van der Waals surface area contributed by atoms with Crippen LogP contribution < -0.4 is 10.6 Å². The van der Waals surface area contributed by atoms with E-state index in [9.17, 15) is 9.18 Å². The van der Waals surface area contributed by atoms with Crippen molar-refractivity contribution in [2.45, 2.75) is 18.9 Å². The molecule has 0 saturated carbocycles. The third kappa shape index (κ3) is 3.71. The van der Waals surface area contributed by atoms with Crippen LogP contribution in [-0.4, -0.2) is 29.7 Å². The number of amides is 1. The number of aromatic nitrogens is 1. The van der Waals surface area contributed by atoms with E-state index in [-0.39, 0.29) is 12.0 Å².